The zero-order chi connectivity index (χ0) is 18.3. The number of aryl methyl sites for hydroxylation is 1. The summed E-state index contributed by atoms with van der Waals surface area (Å²) >= 11 is 0. The maximum atomic E-state index is 3.92. The third kappa shape index (κ3) is 6.44. The summed E-state index contributed by atoms with van der Waals surface area (Å²) in [6.07, 6.45) is 7.27. The molecule has 0 aliphatic rings. The number of hydrogen-bond acceptors (Lipinski definition) is 0. The van der Waals surface area contributed by atoms with Gasteiger partial charge in [0.15, 0.2) is 0 Å². The summed E-state index contributed by atoms with van der Waals surface area (Å²) < 4.78 is 0. The smallest absolute Gasteiger partial charge is 0.0146 e. The molecule has 0 fully saturated rings. The van der Waals surface area contributed by atoms with E-state index in [0.717, 1.165) is 6.42 Å². The molecule has 2 rings (SSSR count). The monoisotopic (exact) mass is 312 g/mol. The molecule has 0 N–H and O–H groups in total. The Morgan fingerprint density at radius 3 is 2.00 bits per heavy atom. The van der Waals surface area contributed by atoms with E-state index in [0.29, 0.717) is 0 Å². The van der Waals surface area contributed by atoms with Gasteiger partial charge in [0, 0.05) is 0 Å². The first-order chi connectivity index (χ1) is 11.3. The summed E-state index contributed by atoms with van der Waals surface area (Å²) in [5.74, 6) is 0. The molecule has 0 aliphatic carbocycles. The molecular formula is C23H36. The van der Waals surface area contributed by atoms with Crippen molar-refractivity contribution in [2.75, 3.05) is 0 Å². The van der Waals surface area contributed by atoms with Gasteiger partial charge in [0.25, 0.3) is 0 Å². The highest BCUT2D eigenvalue weighted by Gasteiger charge is 2.07. The van der Waals surface area contributed by atoms with E-state index in [-0.39, 0.29) is 0 Å². The van der Waals surface area contributed by atoms with Crippen LogP contribution < -0.4 is 0 Å². The van der Waals surface area contributed by atoms with Gasteiger partial charge in [0.2, 0.25) is 0 Å². The molecule has 0 bridgehead atoms. The number of allylic oxidation sites excluding steroid dienone is 1. The topological polar surface area (TPSA) is 0 Å². The van der Waals surface area contributed by atoms with Crippen molar-refractivity contribution < 1.29 is 0 Å². The fraction of sp³-hybridized carbons (Fsp3) is 0.391. The van der Waals surface area contributed by atoms with Gasteiger partial charge in [-0.25, -0.2) is 0 Å². The minimum Gasteiger partial charge on any atom is -0.0984 e. The quantitative estimate of drug-likeness (QED) is 0.536. The van der Waals surface area contributed by atoms with Crippen LogP contribution in [0.2, 0.25) is 0 Å². The van der Waals surface area contributed by atoms with E-state index >= 15 is 0 Å². The van der Waals surface area contributed by atoms with Crippen LogP contribution in [-0.2, 0) is 6.42 Å². The van der Waals surface area contributed by atoms with Crippen LogP contribution in [0.4, 0.5) is 0 Å². The summed E-state index contributed by atoms with van der Waals surface area (Å²) in [7, 11) is 0. The van der Waals surface area contributed by atoms with Crippen molar-refractivity contribution in [1.29, 1.82) is 0 Å². The summed E-state index contributed by atoms with van der Waals surface area (Å²) in [6.45, 7) is 20.2. The van der Waals surface area contributed by atoms with Crippen molar-refractivity contribution >= 4 is 22.9 Å². The highest BCUT2D eigenvalue weighted by atomic mass is 14.1. The second-order valence-electron chi connectivity index (χ2n) is 4.14. The van der Waals surface area contributed by atoms with Crippen LogP contribution in [0.5, 0.6) is 0 Å². The first kappa shape index (κ1) is 23.4. The van der Waals surface area contributed by atoms with E-state index in [2.05, 4.69) is 62.9 Å². The Labute approximate surface area is 144 Å². The fourth-order valence-corrected chi connectivity index (χ4v) is 2.38. The van der Waals surface area contributed by atoms with E-state index in [4.69, 9.17) is 0 Å². The van der Waals surface area contributed by atoms with Crippen LogP contribution in [0, 0.1) is 0 Å². The Morgan fingerprint density at radius 1 is 0.957 bits per heavy atom. The van der Waals surface area contributed by atoms with E-state index in [9.17, 15) is 0 Å². The summed E-state index contributed by atoms with van der Waals surface area (Å²) in [6, 6.07) is 10.8. The van der Waals surface area contributed by atoms with Gasteiger partial charge in [-0.3, -0.25) is 0 Å². The maximum Gasteiger partial charge on any atom is -0.0146 e. The third-order valence-corrected chi connectivity index (χ3v) is 3.14. The number of hydrogen-bond donors (Lipinski definition) is 0. The Bertz CT molecular complexity index is 574. The molecule has 0 spiro atoms. The average Bonchev–Trinajstić information content (AvgIpc) is 2.66. The molecule has 2 aromatic carbocycles. The molecule has 23 heavy (non-hydrogen) atoms. The van der Waals surface area contributed by atoms with Crippen molar-refractivity contribution in [2.24, 2.45) is 0 Å². The lowest BCUT2D eigenvalue weighted by Crippen LogP contribution is -1.93. The van der Waals surface area contributed by atoms with E-state index in [1.54, 1.807) is 0 Å². The highest BCUT2D eigenvalue weighted by molar-refractivity contribution is 5.92. The molecule has 0 heterocycles. The zero-order valence-electron chi connectivity index (χ0n) is 16.5. The lowest BCUT2D eigenvalue weighted by atomic mass is 9.92. The molecule has 0 radical (unpaired) electrons. The molecule has 0 aliphatic heterocycles. The Kier molecular flexibility index (Phi) is 15.4. The normalized spacial score (nSPS) is 9.04. The largest absolute Gasteiger partial charge is 0.0984 e. The SMILES string of the molecule is C=Cc1cc2ccccc2c(CC)c1/C=C\C.CC.CC.CC. The van der Waals surface area contributed by atoms with Crippen molar-refractivity contribution in [3.63, 3.8) is 0 Å². The molecule has 2 aromatic rings. The molecular weight excluding hydrogens is 276 g/mol. The van der Waals surface area contributed by atoms with Crippen molar-refractivity contribution in [3.05, 3.63) is 59.7 Å². The Morgan fingerprint density at radius 2 is 1.52 bits per heavy atom. The van der Waals surface area contributed by atoms with Crippen LogP contribution in [0.3, 0.4) is 0 Å². The third-order valence-electron chi connectivity index (χ3n) is 3.14. The van der Waals surface area contributed by atoms with Crippen LogP contribution in [0.15, 0.2) is 43.0 Å². The molecule has 0 aromatic heterocycles. The Hall–Kier alpha value is -1.82. The standard InChI is InChI=1S/C17H18.3C2H6/c1-4-9-16-13(5-2)12-14-10-7-8-11-17(14)15(16)6-3;3*1-2/h4-5,7-12H,2,6H2,1,3H3;3*1-2H3/b9-4-;;;. The van der Waals surface area contributed by atoms with Crippen LogP contribution in [0.25, 0.3) is 22.9 Å². The molecule has 0 nitrogen and oxygen atoms in total. The Balaban J connectivity index is 0. The predicted octanol–water partition coefficient (Wildman–Crippen LogP) is 8.16. The van der Waals surface area contributed by atoms with Crippen molar-refractivity contribution in [3.8, 4) is 0 Å². The molecule has 128 valence electrons. The number of fused-ring (bicyclic) bond motifs is 1. The van der Waals surface area contributed by atoms with Gasteiger partial charge in [0.05, 0.1) is 0 Å². The molecule has 0 atom stereocenters. The average molecular weight is 313 g/mol. The molecule has 0 amide bonds. The predicted molar refractivity (Wildman–Crippen MR) is 112 cm³/mol. The van der Waals surface area contributed by atoms with Crippen LogP contribution in [0.1, 0.15) is 72.1 Å². The zero-order valence-corrected chi connectivity index (χ0v) is 16.5. The number of benzene rings is 2. The van der Waals surface area contributed by atoms with E-state index in [1.165, 1.54) is 27.5 Å². The van der Waals surface area contributed by atoms with Crippen molar-refractivity contribution in [1.82, 2.24) is 0 Å². The first-order valence-electron chi connectivity index (χ1n) is 9.11. The van der Waals surface area contributed by atoms with Crippen molar-refractivity contribution in [2.45, 2.75) is 61.8 Å². The van der Waals surface area contributed by atoms with Crippen LogP contribution in [-0.4, -0.2) is 0 Å². The van der Waals surface area contributed by atoms with Gasteiger partial charge in [0.1, 0.15) is 0 Å². The summed E-state index contributed by atoms with van der Waals surface area (Å²) in [5.41, 5.74) is 3.94. The summed E-state index contributed by atoms with van der Waals surface area (Å²) in [4.78, 5) is 0. The fourth-order valence-electron chi connectivity index (χ4n) is 2.38. The lowest BCUT2D eigenvalue weighted by Gasteiger charge is -2.12. The van der Waals surface area contributed by atoms with E-state index < -0.39 is 0 Å². The van der Waals surface area contributed by atoms with Crippen LogP contribution >= 0.6 is 0 Å². The minimum atomic E-state index is 1.04. The first-order valence-corrected chi connectivity index (χ1v) is 9.11. The lowest BCUT2D eigenvalue weighted by molar-refractivity contribution is 1.15. The van der Waals surface area contributed by atoms with Gasteiger partial charge in [-0.15, -0.1) is 0 Å². The van der Waals surface area contributed by atoms with Gasteiger partial charge >= 0.3 is 0 Å². The molecule has 0 heteroatoms. The highest BCUT2D eigenvalue weighted by Crippen LogP contribution is 2.28. The minimum absolute atomic E-state index is 1.04. The van der Waals surface area contributed by atoms with E-state index in [1.807, 2.05) is 47.6 Å². The van der Waals surface area contributed by atoms with Gasteiger partial charge in [-0.1, -0.05) is 97.5 Å². The second-order valence-corrected chi connectivity index (χ2v) is 4.14. The number of rotatable bonds is 3. The van der Waals surface area contributed by atoms with Gasteiger partial charge in [-0.05, 0) is 46.9 Å². The molecule has 0 unspecified atom stereocenters. The summed E-state index contributed by atoms with van der Waals surface area (Å²) in [5, 5.41) is 2.65. The van der Waals surface area contributed by atoms with Gasteiger partial charge in [-0.2, -0.15) is 0 Å². The molecule has 0 saturated carbocycles. The molecule has 0 saturated heterocycles. The van der Waals surface area contributed by atoms with Gasteiger partial charge < -0.3 is 0 Å². The second kappa shape index (κ2) is 15.1. The maximum absolute atomic E-state index is 3.92.